The third-order valence-corrected chi connectivity index (χ3v) is 1.08. The molecule has 0 aromatic heterocycles. The van der Waals surface area contributed by atoms with Crippen molar-refractivity contribution in [3.63, 3.8) is 0 Å². The summed E-state index contributed by atoms with van der Waals surface area (Å²) in [6, 6.07) is 0. The van der Waals surface area contributed by atoms with Gasteiger partial charge in [-0.25, -0.2) is 4.79 Å². The molecule has 1 amide bonds. The molecule has 1 N–H and O–H groups in total. The number of rotatable bonds is 5. The largest absolute Gasteiger partial charge is 0.450 e. The molecular formula is C8H13NO3. The molecule has 0 unspecified atom stereocenters. The first kappa shape index (κ1) is 10.7. The van der Waals surface area contributed by atoms with E-state index < -0.39 is 6.09 Å². The van der Waals surface area contributed by atoms with E-state index >= 15 is 0 Å². The van der Waals surface area contributed by atoms with Crippen LogP contribution in [0.1, 0.15) is 13.3 Å². The van der Waals surface area contributed by atoms with Crippen LogP contribution in [0.2, 0.25) is 0 Å². The van der Waals surface area contributed by atoms with Gasteiger partial charge in [-0.05, 0) is 6.92 Å². The van der Waals surface area contributed by atoms with Gasteiger partial charge in [-0.3, -0.25) is 4.79 Å². The van der Waals surface area contributed by atoms with Crippen molar-refractivity contribution in [3.8, 4) is 0 Å². The molecule has 0 aromatic carbocycles. The second-order valence-corrected chi connectivity index (χ2v) is 2.11. The highest BCUT2D eigenvalue weighted by Crippen LogP contribution is 1.82. The number of hydrogen-bond donors (Lipinski definition) is 1. The van der Waals surface area contributed by atoms with E-state index in [1.165, 1.54) is 6.08 Å². The van der Waals surface area contributed by atoms with E-state index in [0.717, 1.165) is 0 Å². The fourth-order valence-corrected chi connectivity index (χ4v) is 0.586. The zero-order valence-electron chi connectivity index (χ0n) is 7.13. The van der Waals surface area contributed by atoms with E-state index in [1.807, 2.05) is 0 Å². The maximum Gasteiger partial charge on any atom is 0.407 e. The maximum atomic E-state index is 10.8. The van der Waals surface area contributed by atoms with E-state index in [1.54, 1.807) is 6.92 Å². The first-order valence-electron chi connectivity index (χ1n) is 3.74. The molecule has 0 bridgehead atoms. The summed E-state index contributed by atoms with van der Waals surface area (Å²) in [5.74, 6) is -0.0851. The number of Topliss-reactive ketones (excluding diaryl/α,β-unsaturated/α-hetero) is 1. The van der Waals surface area contributed by atoms with Gasteiger partial charge in [0, 0.05) is 6.42 Å². The molecule has 0 heterocycles. The highest BCUT2D eigenvalue weighted by atomic mass is 16.5. The number of ketones is 1. The minimum Gasteiger partial charge on any atom is -0.450 e. The molecule has 0 atom stereocenters. The summed E-state index contributed by atoms with van der Waals surface area (Å²) < 4.78 is 4.54. The summed E-state index contributed by atoms with van der Waals surface area (Å²) in [5, 5.41) is 2.31. The second-order valence-electron chi connectivity index (χ2n) is 2.11. The Balaban J connectivity index is 3.46. The predicted molar refractivity (Wildman–Crippen MR) is 44.8 cm³/mol. The molecule has 68 valence electrons. The lowest BCUT2D eigenvalue weighted by Gasteiger charge is -2.02. The van der Waals surface area contributed by atoms with Crippen molar-refractivity contribution in [2.45, 2.75) is 13.3 Å². The monoisotopic (exact) mass is 171 g/mol. The van der Waals surface area contributed by atoms with Gasteiger partial charge >= 0.3 is 6.09 Å². The number of carbonyl (C=O) groups is 2. The van der Waals surface area contributed by atoms with E-state index in [0.29, 0.717) is 6.61 Å². The van der Waals surface area contributed by atoms with Crippen LogP contribution in [0.15, 0.2) is 12.7 Å². The summed E-state index contributed by atoms with van der Waals surface area (Å²) >= 11 is 0. The fourth-order valence-electron chi connectivity index (χ4n) is 0.586. The van der Waals surface area contributed by atoms with E-state index in [2.05, 4.69) is 16.6 Å². The molecule has 0 aliphatic carbocycles. The Morgan fingerprint density at radius 1 is 1.58 bits per heavy atom. The quantitative estimate of drug-likeness (QED) is 0.624. The molecule has 0 saturated carbocycles. The number of nitrogens with one attached hydrogen (secondary N) is 1. The Morgan fingerprint density at radius 3 is 2.75 bits per heavy atom. The fraction of sp³-hybridized carbons (Fsp3) is 0.500. The molecule has 0 spiro atoms. The maximum absolute atomic E-state index is 10.8. The van der Waals surface area contributed by atoms with Crippen molar-refractivity contribution < 1.29 is 14.3 Å². The Labute approximate surface area is 71.6 Å². The number of amides is 1. The Hall–Kier alpha value is -1.32. The Bertz CT molecular complexity index is 177. The molecule has 0 aliphatic heterocycles. The SMILES string of the molecule is C=CCC(=O)CNC(=O)OCC. The first-order valence-corrected chi connectivity index (χ1v) is 3.74. The van der Waals surface area contributed by atoms with Crippen LogP contribution in [0.5, 0.6) is 0 Å². The molecule has 0 rings (SSSR count). The van der Waals surface area contributed by atoms with Crippen molar-refractivity contribution >= 4 is 11.9 Å². The minimum absolute atomic E-state index is 0.00481. The number of hydrogen-bond acceptors (Lipinski definition) is 3. The zero-order chi connectivity index (χ0) is 9.40. The Morgan fingerprint density at radius 2 is 2.25 bits per heavy atom. The second kappa shape index (κ2) is 6.39. The number of ether oxygens (including phenoxy) is 1. The first-order chi connectivity index (χ1) is 5.70. The summed E-state index contributed by atoms with van der Waals surface area (Å²) in [4.78, 5) is 21.5. The van der Waals surface area contributed by atoms with Crippen molar-refractivity contribution in [2.75, 3.05) is 13.2 Å². The molecule has 4 nitrogen and oxygen atoms in total. The highest BCUT2D eigenvalue weighted by Gasteiger charge is 2.02. The van der Waals surface area contributed by atoms with Gasteiger partial charge in [-0.15, -0.1) is 6.58 Å². The molecule has 0 saturated heterocycles. The van der Waals surface area contributed by atoms with Crippen LogP contribution in [0.25, 0.3) is 0 Å². The van der Waals surface area contributed by atoms with E-state index in [-0.39, 0.29) is 18.7 Å². The summed E-state index contributed by atoms with van der Waals surface area (Å²) in [6.07, 6.45) is 1.21. The standard InChI is InChI=1S/C8H13NO3/c1-3-5-7(10)6-9-8(11)12-4-2/h3H,1,4-6H2,2H3,(H,9,11). The summed E-state index contributed by atoms with van der Waals surface area (Å²) in [7, 11) is 0. The molecule has 0 radical (unpaired) electrons. The third kappa shape index (κ3) is 5.46. The van der Waals surface area contributed by atoms with Crippen LogP contribution in [0, 0.1) is 0 Å². The molecular weight excluding hydrogens is 158 g/mol. The lowest BCUT2D eigenvalue weighted by atomic mass is 10.3. The molecule has 0 aliphatic rings. The smallest absolute Gasteiger partial charge is 0.407 e. The van der Waals surface area contributed by atoms with Crippen molar-refractivity contribution in [2.24, 2.45) is 0 Å². The molecule has 12 heavy (non-hydrogen) atoms. The van der Waals surface area contributed by atoms with Crippen LogP contribution >= 0.6 is 0 Å². The molecule has 0 aromatic rings. The van der Waals surface area contributed by atoms with Gasteiger partial charge in [-0.2, -0.15) is 0 Å². The van der Waals surface area contributed by atoms with Crippen LogP contribution < -0.4 is 5.32 Å². The summed E-state index contributed by atoms with van der Waals surface area (Å²) in [5.41, 5.74) is 0. The van der Waals surface area contributed by atoms with E-state index in [4.69, 9.17) is 0 Å². The van der Waals surface area contributed by atoms with Crippen molar-refractivity contribution in [1.82, 2.24) is 5.32 Å². The topological polar surface area (TPSA) is 55.4 Å². The highest BCUT2D eigenvalue weighted by molar-refractivity contribution is 5.84. The third-order valence-electron chi connectivity index (χ3n) is 1.08. The van der Waals surface area contributed by atoms with Gasteiger partial charge in [0.2, 0.25) is 0 Å². The van der Waals surface area contributed by atoms with Crippen LogP contribution in [-0.2, 0) is 9.53 Å². The minimum atomic E-state index is -0.560. The van der Waals surface area contributed by atoms with Crippen molar-refractivity contribution in [1.29, 1.82) is 0 Å². The molecule has 0 fully saturated rings. The number of allylic oxidation sites excluding steroid dienone is 1. The van der Waals surface area contributed by atoms with Gasteiger partial charge in [0.25, 0.3) is 0 Å². The summed E-state index contributed by atoms with van der Waals surface area (Å²) in [6.45, 7) is 5.41. The number of carbonyl (C=O) groups excluding carboxylic acids is 2. The lowest BCUT2D eigenvalue weighted by Crippen LogP contribution is -2.29. The number of alkyl carbamates (subject to hydrolysis) is 1. The van der Waals surface area contributed by atoms with Gasteiger partial charge < -0.3 is 10.1 Å². The van der Waals surface area contributed by atoms with Crippen LogP contribution in [0.4, 0.5) is 4.79 Å². The predicted octanol–water partition coefficient (Wildman–Crippen LogP) is 0.878. The van der Waals surface area contributed by atoms with Gasteiger partial charge in [0.1, 0.15) is 0 Å². The van der Waals surface area contributed by atoms with Gasteiger partial charge in [0.15, 0.2) is 5.78 Å². The lowest BCUT2D eigenvalue weighted by molar-refractivity contribution is -0.117. The van der Waals surface area contributed by atoms with E-state index in [9.17, 15) is 9.59 Å². The normalized spacial score (nSPS) is 8.75. The van der Waals surface area contributed by atoms with Crippen LogP contribution in [-0.4, -0.2) is 25.0 Å². The van der Waals surface area contributed by atoms with Gasteiger partial charge in [-0.1, -0.05) is 6.08 Å². The average molecular weight is 171 g/mol. The van der Waals surface area contributed by atoms with Crippen molar-refractivity contribution in [3.05, 3.63) is 12.7 Å². The average Bonchev–Trinajstić information content (AvgIpc) is 2.02. The zero-order valence-corrected chi connectivity index (χ0v) is 7.13. The van der Waals surface area contributed by atoms with Gasteiger partial charge in [0.05, 0.1) is 13.2 Å². The molecule has 4 heteroatoms. The van der Waals surface area contributed by atoms with Crippen LogP contribution in [0.3, 0.4) is 0 Å². The Kier molecular flexibility index (Phi) is 5.69.